The molecule has 9 heteroatoms. The zero-order valence-corrected chi connectivity index (χ0v) is 10.0. The van der Waals surface area contributed by atoms with Gasteiger partial charge in [-0.25, -0.2) is 24.6 Å². The number of rotatable bonds is 0. The van der Waals surface area contributed by atoms with Crippen LogP contribution in [0.4, 0.5) is 24.6 Å². The average molecular weight is 283 g/mol. The maximum Gasteiger partial charge on any atom is 0.705 e. The number of hydrogen-bond acceptors (Lipinski definition) is 0. The van der Waals surface area contributed by atoms with Crippen LogP contribution in [0.15, 0.2) is 0 Å². The molecule has 0 atom stereocenters. The molecule has 52 valence electrons. The van der Waals surface area contributed by atoms with Crippen molar-refractivity contribution in [1.29, 1.82) is 0 Å². The van der Waals surface area contributed by atoms with Crippen LogP contribution in [0.25, 0.3) is 0 Å². The van der Waals surface area contributed by atoms with Crippen LogP contribution in [0.3, 0.4) is 0 Å². The molecule has 0 unspecified atom stereocenters. The van der Waals surface area contributed by atoms with E-state index in [4.69, 9.17) is 0 Å². The molecular weight excluding hydrogens is 283 g/mol. The van der Waals surface area contributed by atoms with Crippen molar-refractivity contribution >= 4 is 19.6 Å². The molecule has 0 bridgehead atoms. The van der Waals surface area contributed by atoms with Gasteiger partial charge in [-0.15, -0.1) is 0 Å². The molecule has 0 aromatic carbocycles. The minimum absolute atomic E-state index is 0. The van der Waals surface area contributed by atoms with Crippen LogP contribution in [-0.4, -0.2) is 19.6 Å². The molecular formula is CdF6Si2. The second kappa shape index (κ2) is 11.7. The van der Waals surface area contributed by atoms with Gasteiger partial charge in [0.2, 0.25) is 0 Å². The van der Waals surface area contributed by atoms with E-state index in [1.807, 2.05) is 0 Å². The third kappa shape index (κ3) is 491. The predicted octanol–water partition coefficient (Wildman–Crippen LogP) is 1.76. The van der Waals surface area contributed by atoms with Gasteiger partial charge in [0.05, 0.1) is 0 Å². The Morgan fingerprint density at radius 1 is 0.556 bits per heavy atom. The molecule has 0 rings (SSSR count). The zero-order chi connectivity index (χ0) is 7.15. The SMILES string of the molecule is F[Si](F)F.F[Si](F)F.[Cd]. The first-order valence-corrected chi connectivity index (χ1v) is 3.40. The van der Waals surface area contributed by atoms with Gasteiger partial charge in [-0.05, 0) is 0 Å². The van der Waals surface area contributed by atoms with Crippen molar-refractivity contribution in [2.75, 3.05) is 0 Å². The molecule has 0 aromatic rings. The van der Waals surface area contributed by atoms with Crippen molar-refractivity contribution in [3.05, 3.63) is 0 Å². The molecule has 0 N–H and O–H groups in total. The summed E-state index contributed by atoms with van der Waals surface area (Å²) in [4.78, 5) is 0. The van der Waals surface area contributed by atoms with E-state index in [0.717, 1.165) is 0 Å². The molecule has 0 aliphatic rings. The van der Waals surface area contributed by atoms with E-state index < -0.39 is 19.6 Å². The van der Waals surface area contributed by atoms with Crippen molar-refractivity contribution in [3.8, 4) is 0 Å². The summed E-state index contributed by atoms with van der Waals surface area (Å²) in [5.41, 5.74) is 0. The van der Waals surface area contributed by atoms with Crippen LogP contribution < -0.4 is 0 Å². The third-order valence-electron chi connectivity index (χ3n) is 0. The molecule has 0 aliphatic heterocycles. The summed E-state index contributed by atoms with van der Waals surface area (Å²) in [6.07, 6.45) is 0. The van der Waals surface area contributed by atoms with Gasteiger partial charge < -0.3 is 0 Å². The fourth-order valence-electron chi connectivity index (χ4n) is 0. The van der Waals surface area contributed by atoms with Crippen LogP contribution in [-0.2, 0) is 27.3 Å². The summed E-state index contributed by atoms with van der Waals surface area (Å²) in [7, 11) is -8.76. The first-order chi connectivity index (χ1) is 3.46. The van der Waals surface area contributed by atoms with Gasteiger partial charge in [-0.3, -0.25) is 0 Å². The Balaban J connectivity index is -0.0000000720. The normalized spacial score (nSPS) is 8.00. The molecule has 0 amide bonds. The molecule has 0 aliphatic carbocycles. The number of hydrogen-bond donors (Lipinski definition) is 0. The number of halogens is 6. The van der Waals surface area contributed by atoms with E-state index in [1.54, 1.807) is 0 Å². The summed E-state index contributed by atoms with van der Waals surface area (Å²) in [6.45, 7) is 0. The van der Waals surface area contributed by atoms with Crippen LogP contribution in [0.1, 0.15) is 0 Å². The Kier molecular flexibility index (Phi) is 21.4. The second-order valence-electron chi connectivity index (χ2n) is 0.429. The summed E-state index contributed by atoms with van der Waals surface area (Å²) in [5.74, 6) is 0. The molecule has 9 heavy (non-hydrogen) atoms. The van der Waals surface area contributed by atoms with Gasteiger partial charge in [-0.1, -0.05) is 0 Å². The smallest absolute Gasteiger partial charge is 0.235 e. The molecule has 0 heterocycles. The van der Waals surface area contributed by atoms with E-state index in [1.165, 1.54) is 0 Å². The summed E-state index contributed by atoms with van der Waals surface area (Å²) < 4.78 is 58.6. The molecule has 0 fully saturated rings. The molecule has 0 saturated heterocycles. The van der Waals surface area contributed by atoms with Crippen molar-refractivity contribution in [3.63, 3.8) is 0 Å². The van der Waals surface area contributed by atoms with Gasteiger partial charge in [0.1, 0.15) is 0 Å². The Labute approximate surface area is 71.7 Å². The van der Waals surface area contributed by atoms with Gasteiger partial charge in [0, 0.05) is 27.3 Å². The fourth-order valence-corrected chi connectivity index (χ4v) is 0. The van der Waals surface area contributed by atoms with Crippen LogP contribution in [0.5, 0.6) is 0 Å². The summed E-state index contributed by atoms with van der Waals surface area (Å²) in [5, 5.41) is 0. The van der Waals surface area contributed by atoms with Crippen molar-refractivity contribution < 1.29 is 51.9 Å². The molecule has 2 radical (unpaired) electrons. The first-order valence-electron chi connectivity index (χ1n) is 1.13. The van der Waals surface area contributed by atoms with Crippen molar-refractivity contribution in [2.45, 2.75) is 0 Å². The van der Waals surface area contributed by atoms with Crippen LogP contribution >= 0.6 is 0 Å². The monoisotopic (exact) mass is 284 g/mol. The average Bonchev–Trinajstić information content (AvgIpc) is 1.25. The zero-order valence-electron chi connectivity index (χ0n) is 3.97. The largest absolute Gasteiger partial charge is 0.705 e. The minimum atomic E-state index is -4.38. The van der Waals surface area contributed by atoms with Gasteiger partial charge in [0.25, 0.3) is 0 Å². The maximum atomic E-state index is 9.77. The predicted molar refractivity (Wildman–Crippen MR) is 18.2 cm³/mol. The molecule has 0 spiro atoms. The molecule has 0 nitrogen and oxygen atoms in total. The van der Waals surface area contributed by atoms with Gasteiger partial charge >= 0.3 is 19.6 Å². The van der Waals surface area contributed by atoms with Crippen molar-refractivity contribution in [2.24, 2.45) is 0 Å². The van der Waals surface area contributed by atoms with E-state index >= 15 is 0 Å². The Morgan fingerprint density at radius 3 is 0.556 bits per heavy atom. The Bertz CT molecular complexity index is 26.5. The maximum absolute atomic E-state index is 9.77. The van der Waals surface area contributed by atoms with Gasteiger partial charge in [0.15, 0.2) is 0 Å². The summed E-state index contributed by atoms with van der Waals surface area (Å²) >= 11 is 0. The minimum Gasteiger partial charge on any atom is -0.235 e. The van der Waals surface area contributed by atoms with E-state index in [2.05, 4.69) is 0 Å². The fraction of sp³-hybridized carbons (Fsp3) is 0. The second-order valence-corrected chi connectivity index (χ2v) is 1.29. The van der Waals surface area contributed by atoms with Gasteiger partial charge in [-0.2, -0.15) is 0 Å². The Morgan fingerprint density at radius 2 is 0.556 bits per heavy atom. The summed E-state index contributed by atoms with van der Waals surface area (Å²) in [6, 6.07) is 0. The molecule has 0 aromatic heterocycles. The third-order valence-corrected chi connectivity index (χ3v) is 0. The quantitative estimate of drug-likeness (QED) is 0.361. The standard InChI is InChI=1S/Cd.2F3Si/c;2*1-4(2)3. The van der Waals surface area contributed by atoms with Crippen LogP contribution in [0.2, 0.25) is 0 Å². The van der Waals surface area contributed by atoms with E-state index in [-0.39, 0.29) is 27.3 Å². The molecule has 0 saturated carbocycles. The van der Waals surface area contributed by atoms with Crippen molar-refractivity contribution in [1.82, 2.24) is 0 Å². The topological polar surface area (TPSA) is 0 Å². The van der Waals surface area contributed by atoms with E-state index in [9.17, 15) is 24.6 Å². The first kappa shape index (κ1) is 16.5. The van der Waals surface area contributed by atoms with Crippen LogP contribution in [0, 0.1) is 0 Å². The Hall–Kier alpha value is 0.936. The van der Waals surface area contributed by atoms with E-state index in [0.29, 0.717) is 0 Å².